The van der Waals surface area contributed by atoms with Gasteiger partial charge in [-0.15, -0.1) is 0 Å². The number of para-hydroxylation sites is 1. The minimum atomic E-state index is -0.942. The van der Waals surface area contributed by atoms with E-state index in [4.69, 9.17) is 9.15 Å². The molecule has 3 aromatic rings. The van der Waals surface area contributed by atoms with Gasteiger partial charge in [0.15, 0.2) is 0 Å². The molecule has 0 radical (unpaired) electrons. The molecular weight excluding hydrogens is 392 g/mol. The minimum absolute atomic E-state index is 0.142. The highest BCUT2D eigenvalue weighted by atomic mass is 16.6. The van der Waals surface area contributed by atoms with E-state index < -0.39 is 28.5 Å². The van der Waals surface area contributed by atoms with Crippen LogP contribution in [0.15, 0.2) is 63.8 Å². The molecule has 154 valence electrons. The predicted octanol–water partition coefficient (Wildman–Crippen LogP) is 3.13. The van der Waals surface area contributed by atoms with Gasteiger partial charge in [0.1, 0.15) is 11.1 Å². The second-order valence-corrected chi connectivity index (χ2v) is 6.37. The monoisotopic (exact) mass is 410 g/mol. The van der Waals surface area contributed by atoms with Gasteiger partial charge in [-0.1, -0.05) is 30.3 Å². The van der Waals surface area contributed by atoms with Crippen molar-refractivity contribution in [3.63, 3.8) is 0 Å². The molecule has 0 aliphatic rings. The van der Waals surface area contributed by atoms with Crippen LogP contribution in [0, 0.1) is 10.1 Å². The number of hydrogen-bond donors (Lipinski definition) is 1. The maximum Gasteiger partial charge on any atom is 0.349 e. The predicted molar refractivity (Wildman–Crippen MR) is 107 cm³/mol. The molecular formula is C21H18N2O7. The van der Waals surface area contributed by atoms with Crippen LogP contribution >= 0.6 is 0 Å². The molecule has 1 aromatic heterocycles. The maximum atomic E-state index is 12.8. The van der Waals surface area contributed by atoms with Gasteiger partial charge >= 0.3 is 11.6 Å². The average Bonchev–Trinajstić information content (AvgIpc) is 2.73. The summed E-state index contributed by atoms with van der Waals surface area (Å²) < 4.78 is 10.1. The summed E-state index contributed by atoms with van der Waals surface area (Å²) in [6, 6.07) is 12.7. The van der Waals surface area contributed by atoms with Gasteiger partial charge in [-0.3, -0.25) is 19.7 Å². The first-order valence-corrected chi connectivity index (χ1v) is 9.12. The molecule has 1 heterocycles. The number of carbonyl (C=O) groups excluding carboxylic acids is 2. The van der Waals surface area contributed by atoms with Crippen molar-refractivity contribution in [2.24, 2.45) is 0 Å². The number of esters is 1. The third kappa shape index (κ3) is 4.69. The van der Waals surface area contributed by atoms with Crippen molar-refractivity contribution in [1.82, 2.24) is 5.32 Å². The van der Waals surface area contributed by atoms with E-state index in [1.165, 1.54) is 24.3 Å². The van der Waals surface area contributed by atoms with E-state index in [1.807, 2.05) is 0 Å². The number of amides is 1. The van der Waals surface area contributed by atoms with E-state index >= 15 is 0 Å². The van der Waals surface area contributed by atoms with Gasteiger partial charge in [0.25, 0.3) is 11.6 Å². The number of benzene rings is 2. The van der Waals surface area contributed by atoms with E-state index in [0.29, 0.717) is 16.5 Å². The van der Waals surface area contributed by atoms with Crippen LogP contribution in [0.25, 0.3) is 11.0 Å². The standard InChI is InChI=1S/C21H18N2O7/c1-2-29-19(24)12-17(13-7-5-8-15(10-13)23(27)28)22-20(25)16-11-14-6-3-4-9-18(14)30-21(16)26/h3-11,17H,2,12H2,1H3,(H,22,25)/t17-/m0/s1. The van der Waals surface area contributed by atoms with Crippen LogP contribution < -0.4 is 10.9 Å². The molecule has 0 saturated carbocycles. The molecule has 0 fully saturated rings. The van der Waals surface area contributed by atoms with Crippen LogP contribution in [0.2, 0.25) is 0 Å². The number of ether oxygens (including phenoxy) is 1. The van der Waals surface area contributed by atoms with Crippen LogP contribution in [0.1, 0.15) is 35.3 Å². The Morgan fingerprint density at radius 3 is 2.67 bits per heavy atom. The molecule has 0 saturated heterocycles. The molecule has 0 aliphatic carbocycles. The number of nitro benzene ring substituents is 1. The Hall–Kier alpha value is -4.01. The van der Waals surface area contributed by atoms with Crippen LogP contribution in [0.3, 0.4) is 0 Å². The molecule has 3 rings (SSSR count). The number of rotatable bonds is 7. The highest BCUT2D eigenvalue weighted by Gasteiger charge is 2.23. The summed E-state index contributed by atoms with van der Waals surface area (Å²) in [5, 5.41) is 14.2. The Kier molecular flexibility index (Phi) is 6.21. The molecule has 0 bridgehead atoms. The van der Waals surface area contributed by atoms with Crippen molar-refractivity contribution < 1.29 is 23.7 Å². The summed E-state index contributed by atoms with van der Waals surface area (Å²) in [5.41, 5.74) is -0.606. The fourth-order valence-electron chi connectivity index (χ4n) is 2.95. The van der Waals surface area contributed by atoms with Crippen molar-refractivity contribution in [3.8, 4) is 0 Å². The number of nitrogens with zero attached hydrogens (tertiary/aromatic N) is 1. The normalized spacial score (nSPS) is 11.6. The number of hydrogen-bond acceptors (Lipinski definition) is 7. The molecule has 0 unspecified atom stereocenters. The molecule has 0 aliphatic heterocycles. The molecule has 0 spiro atoms. The molecule has 9 nitrogen and oxygen atoms in total. The van der Waals surface area contributed by atoms with Crippen LogP contribution in [-0.4, -0.2) is 23.4 Å². The molecule has 1 amide bonds. The van der Waals surface area contributed by atoms with Crippen molar-refractivity contribution >= 4 is 28.5 Å². The van der Waals surface area contributed by atoms with Gasteiger partial charge in [0, 0.05) is 17.5 Å². The molecule has 30 heavy (non-hydrogen) atoms. The Morgan fingerprint density at radius 1 is 1.17 bits per heavy atom. The number of nitro groups is 1. The van der Waals surface area contributed by atoms with E-state index in [1.54, 1.807) is 37.3 Å². The van der Waals surface area contributed by atoms with Crippen molar-refractivity contribution in [1.29, 1.82) is 0 Å². The van der Waals surface area contributed by atoms with Crippen molar-refractivity contribution in [3.05, 3.63) is 86.3 Å². The van der Waals surface area contributed by atoms with Gasteiger partial charge in [-0.2, -0.15) is 0 Å². The van der Waals surface area contributed by atoms with Gasteiger partial charge in [0.2, 0.25) is 0 Å². The maximum absolute atomic E-state index is 12.8. The second kappa shape index (κ2) is 8.99. The number of non-ortho nitro benzene ring substituents is 1. The zero-order chi connectivity index (χ0) is 21.7. The van der Waals surface area contributed by atoms with E-state index in [2.05, 4.69) is 5.32 Å². The Labute approximate surface area is 170 Å². The topological polar surface area (TPSA) is 129 Å². The second-order valence-electron chi connectivity index (χ2n) is 6.37. The Morgan fingerprint density at radius 2 is 1.93 bits per heavy atom. The fraction of sp³-hybridized carbons (Fsp3) is 0.190. The first kappa shape index (κ1) is 20.7. The summed E-state index contributed by atoms with van der Waals surface area (Å²) >= 11 is 0. The van der Waals surface area contributed by atoms with E-state index in [0.717, 1.165) is 0 Å². The Balaban J connectivity index is 1.94. The van der Waals surface area contributed by atoms with Gasteiger partial charge < -0.3 is 14.5 Å². The number of nitrogens with one attached hydrogen (secondary N) is 1. The van der Waals surface area contributed by atoms with Crippen molar-refractivity contribution in [2.45, 2.75) is 19.4 Å². The largest absolute Gasteiger partial charge is 0.466 e. The van der Waals surface area contributed by atoms with Gasteiger partial charge in [-0.05, 0) is 24.6 Å². The first-order chi connectivity index (χ1) is 14.4. The smallest absolute Gasteiger partial charge is 0.349 e. The van der Waals surface area contributed by atoms with Gasteiger partial charge in [0.05, 0.1) is 24.0 Å². The van der Waals surface area contributed by atoms with Crippen LogP contribution in [0.5, 0.6) is 0 Å². The third-order valence-corrected chi connectivity index (χ3v) is 4.35. The highest BCUT2D eigenvalue weighted by molar-refractivity contribution is 5.97. The minimum Gasteiger partial charge on any atom is -0.466 e. The lowest BCUT2D eigenvalue weighted by molar-refractivity contribution is -0.384. The van der Waals surface area contributed by atoms with Crippen molar-refractivity contribution in [2.75, 3.05) is 6.61 Å². The first-order valence-electron chi connectivity index (χ1n) is 9.12. The summed E-state index contributed by atoms with van der Waals surface area (Å²) in [6.07, 6.45) is -0.264. The lowest BCUT2D eigenvalue weighted by Gasteiger charge is -2.18. The molecule has 1 N–H and O–H groups in total. The molecule has 1 atom stereocenters. The van der Waals surface area contributed by atoms with E-state index in [-0.39, 0.29) is 24.3 Å². The zero-order valence-electron chi connectivity index (χ0n) is 16.0. The summed E-state index contributed by atoms with van der Waals surface area (Å²) in [5.74, 6) is -1.37. The highest BCUT2D eigenvalue weighted by Crippen LogP contribution is 2.23. The summed E-state index contributed by atoms with van der Waals surface area (Å²) in [4.78, 5) is 47.6. The zero-order valence-corrected chi connectivity index (χ0v) is 16.0. The lowest BCUT2D eigenvalue weighted by atomic mass is 10.0. The SMILES string of the molecule is CCOC(=O)C[C@H](NC(=O)c1cc2ccccc2oc1=O)c1cccc([N+](=O)[O-])c1. The molecule has 9 heteroatoms. The summed E-state index contributed by atoms with van der Waals surface area (Å²) in [6.45, 7) is 1.78. The lowest BCUT2D eigenvalue weighted by Crippen LogP contribution is -2.33. The quantitative estimate of drug-likeness (QED) is 0.274. The Bertz CT molecular complexity index is 1170. The molecule has 2 aromatic carbocycles. The summed E-state index contributed by atoms with van der Waals surface area (Å²) in [7, 11) is 0. The number of fused-ring (bicyclic) bond motifs is 1. The third-order valence-electron chi connectivity index (χ3n) is 4.35. The average molecular weight is 410 g/mol. The fourth-order valence-corrected chi connectivity index (χ4v) is 2.95. The van der Waals surface area contributed by atoms with Crippen LogP contribution in [0.4, 0.5) is 5.69 Å². The number of carbonyl (C=O) groups is 2. The van der Waals surface area contributed by atoms with Crippen LogP contribution in [-0.2, 0) is 9.53 Å². The van der Waals surface area contributed by atoms with E-state index in [9.17, 15) is 24.5 Å². The van der Waals surface area contributed by atoms with Gasteiger partial charge in [-0.25, -0.2) is 4.79 Å².